The van der Waals surface area contributed by atoms with Gasteiger partial charge < -0.3 is 5.11 Å². The molecule has 0 aromatic carbocycles. The van der Waals surface area contributed by atoms with Crippen molar-refractivity contribution in [2.75, 3.05) is 0 Å². The van der Waals surface area contributed by atoms with Crippen molar-refractivity contribution < 1.29 is 5.11 Å². The van der Waals surface area contributed by atoms with Crippen molar-refractivity contribution in [3.05, 3.63) is 36.4 Å². The second-order valence-electron chi connectivity index (χ2n) is 3.98. The van der Waals surface area contributed by atoms with Crippen molar-refractivity contribution in [2.24, 2.45) is 7.05 Å². The Bertz CT molecular complexity index is 777. The van der Waals surface area contributed by atoms with Crippen molar-refractivity contribution in [2.45, 2.75) is 0 Å². The highest BCUT2D eigenvalue weighted by Crippen LogP contribution is 2.28. The SMILES string of the molecule is Cn1cc(-c2cc(O)c3c(C#N)cnn3c2)cn1. The van der Waals surface area contributed by atoms with Crippen molar-refractivity contribution in [3.63, 3.8) is 0 Å². The Balaban J connectivity index is 2.26. The Morgan fingerprint density at radius 3 is 2.72 bits per heavy atom. The van der Waals surface area contributed by atoms with Gasteiger partial charge in [0.1, 0.15) is 22.9 Å². The lowest BCUT2D eigenvalue weighted by atomic mass is 10.1. The minimum Gasteiger partial charge on any atom is -0.506 e. The van der Waals surface area contributed by atoms with Gasteiger partial charge in [-0.25, -0.2) is 4.52 Å². The first-order valence-electron chi connectivity index (χ1n) is 5.28. The number of aromatic hydroxyl groups is 1. The fourth-order valence-electron chi connectivity index (χ4n) is 1.91. The summed E-state index contributed by atoms with van der Waals surface area (Å²) in [5.74, 6) is 0.0328. The van der Waals surface area contributed by atoms with Crippen LogP contribution in [-0.2, 0) is 7.05 Å². The summed E-state index contributed by atoms with van der Waals surface area (Å²) >= 11 is 0. The lowest BCUT2D eigenvalue weighted by Gasteiger charge is -2.02. The molecule has 0 atom stereocenters. The van der Waals surface area contributed by atoms with Crippen molar-refractivity contribution in [1.29, 1.82) is 5.26 Å². The number of hydrogen-bond acceptors (Lipinski definition) is 4. The highest BCUT2D eigenvalue weighted by atomic mass is 16.3. The van der Waals surface area contributed by atoms with Gasteiger partial charge in [-0.3, -0.25) is 4.68 Å². The maximum Gasteiger partial charge on any atom is 0.143 e. The quantitative estimate of drug-likeness (QED) is 0.694. The van der Waals surface area contributed by atoms with Gasteiger partial charge in [0.05, 0.1) is 12.4 Å². The third kappa shape index (κ3) is 1.42. The number of hydrogen-bond donors (Lipinski definition) is 1. The van der Waals surface area contributed by atoms with Crippen LogP contribution >= 0.6 is 0 Å². The van der Waals surface area contributed by atoms with Crippen LogP contribution < -0.4 is 0 Å². The molecule has 0 aliphatic carbocycles. The zero-order valence-electron chi connectivity index (χ0n) is 9.57. The molecule has 0 bridgehead atoms. The van der Waals surface area contributed by atoms with E-state index in [0.29, 0.717) is 11.1 Å². The Morgan fingerprint density at radius 2 is 2.06 bits per heavy atom. The van der Waals surface area contributed by atoms with E-state index in [-0.39, 0.29) is 5.75 Å². The van der Waals surface area contributed by atoms with E-state index in [2.05, 4.69) is 10.2 Å². The molecule has 0 unspecified atom stereocenters. The van der Waals surface area contributed by atoms with Crippen LogP contribution in [0.2, 0.25) is 0 Å². The average Bonchev–Trinajstić information content (AvgIpc) is 2.95. The molecule has 0 amide bonds. The summed E-state index contributed by atoms with van der Waals surface area (Å²) in [5, 5.41) is 27.0. The van der Waals surface area contributed by atoms with Crippen LogP contribution in [0, 0.1) is 11.3 Å². The first-order valence-corrected chi connectivity index (χ1v) is 5.28. The Kier molecular flexibility index (Phi) is 2.07. The molecule has 1 N–H and O–H groups in total. The lowest BCUT2D eigenvalue weighted by Crippen LogP contribution is -1.89. The molecule has 3 heterocycles. The van der Waals surface area contributed by atoms with Gasteiger partial charge in [0, 0.05) is 30.6 Å². The molecule has 0 radical (unpaired) electrons. The second-order valence-corrected chi connectivity index (χ2v) is 3.98. The minimum absolute atomic E-state index is 0.0328. The van der Waals surface area contributed by atoms with Gasteiger partial charge in [-0.05, 0) is 6.07 Å². The molecule has 0 spiro atoms. The van der Waals surface area contributed by atoms with E-state index in [1.54, 1.807) is 23.1 Å². The molecular weight excluding hydrogens is 230 g/mol. The Hall–Kier alpha value is -2.81. The van der Waals surface area contributed by atoms with Gasteiger partial charge in [0.25, 0.3) is 0 Å². The van der Waals surface area contributed by atoms with Gasteiger partial charge in [0.15, 0.2) is 0 Å². The Labute approximate surface area is 102 Å². The van der Waals surface area contributed by atoms with Crippen LogP contribution in [0.25, 0.3) is 16.6 Å². The van der Waals surface area contributed by atoms with Crippen molar-refractivity contribution in [3.8, 4) is 22.9 Å². The zero-order valence-corrected chi connectivity index (χ0v) is 9.57. The number of pyridine rings is 1. The van der Waals surface area contributed by atoms with Gasteiger partial charge >= 0.3 is 0 Å². The predicted octanol–water partition coefficient (Wildman–Crippen LogP) is 1.31. The van der Waals surface area contributed by atoms with Crippen LogP contribution in [0.3, 0.4) is 0 Å². The van der Waals surface area contributed by atoms with Gasteiger partial charge in [-0.1, -0.05) is 0 Å². The molecule has 6 nitrogen and oxygen atoms in total. The minimum atomic E-state index is 0.0328. The van der Waals surface area contributed by atoms with E-state index in [1.165, 1.54) is 10.7 Å². The van der Waals surface area contributed by atoms with E-state index < -0.39 is 0 Å². The topological polar surface area (TPSA) is 79.1 Å². The number of fused-ring (bicyclic) bond motifs is 1. The van der Waals surface area contributed by atoms with E-state index in [9.17, 15) is 5.11 Å². The second kappa shape index (κ2) is 3.60. The van der Waals surface area contributed by atoms with Gasteiger partial charge in [-0.15, -0.1) is 0 Å². The normalized spacial score (nSPS) is 10.7. The monoisotopic (exact) mass is 239 g/mol. The molecular formula is C12H9N5O. The lowest BCUT2D eigenvalue weighted by molar-refractivity contribution is 0.478. The first-order chi connectivity index (χ1) is 8.69. The first kappa shape index (κ1) is 10.4. The van der Waals surface area contributed by atoms with Crippen LogP contribution in [0.5, 0.6) is 5.75 Å². The number of rotatable bonds is 1. The van der Waals surface area contributed by atoms with Crippen LogP contribution in [0.1, 0.15) is 5.56 Å². The Morgan fingerprint density at radius 1 is 1.22 bits per heavy atom. The molecule has 3 rings (SSSR count). The third-order valence-corrected chi connectivity index (χ3v) is 2.75. The van der Waals surface area contributed by atoms with E-state index in [4.69, 9.17) is 5.26 Å². The highest BCUT2D eigenvalue weighted by Gasteiger charge is 2.11. The number of nitriles is 1. The number of aromatic nitrogens is 4. The highest BCUT2D eigenvalue weighted by molar-refractivity contribution is 5.74. The summed E-state index contributed by atoms with van der Waals surface area (Å²) in [7, 11) is 1.82. The molecule has 0 fully saturated rings. The van der Waals surface area contributed by atoms with Gasteiger partial charge in [-0.2, -0.15) is 15.5 Å². The van der Waals surface area contributed by atoms with Gasteiger partial charge in [0.2, 0.25) is 0 Å². The molecule has 3 aromatic heterocycles. The molecule has 18 heavy (non-hydrogen) atoms. The summed E-state index contributed by atoms with van der Waals surface area (Å²) in [6.45, 7) is 0. The molecule has 88 valence electrons. The zero-order chi connectivity index (χ0) is 12.7. The number of aryl methyl sites for hydroxylation is 1. The predicted molar refractivity (Wildman–Crippen MR) is 63.8 cm³/mol. The fourth-order valence-corrected chi connectivity index (χ4v) is 1.91. The summed E-state index contributed by atoms with van der Waals surface area (Å²) in [4.78, 5) is 0. The summed E-state index contributed by atoms with van der Waals surface area (Å²) < 4.78 is 3.18. The molecule has 3 aromatic rings. The molecule has 0 aliphatic heterocycles. The third-order valence-electron chi connectivity index (χ3n) is 2.75. The molecule has 6 heteroatoms. The molecule has 0 aliphatic rings. The van der Waals surface area contributed by atoms with Crippen molar-refractivity contribution in [1.82, 2.24) is 19.4 Å². The summed E-state index contributed by atoms with van der Waals surface area (Å²) in [6.07, 6.45) is 6.74. The van der Waals surface area contributed by atoms with Crippen molar-refractivity contribution >= 4 is 5.52 Å². The molecule has 0 saturated carbocycles. The largest absolute Gasteiger partial charge is 0.506 e. The standard InChI is InChI=1S/C12H9N5O/c1-16-6-10(5-14-16)8-2-11(18)12-9(3-13)4-15-17(12)7-8/h2,4-7,18H,1H3. The summed E-state index contributed by atoms with van der Waals surface area (Å²) in [6, 6.07) is 3.60. The van der Waals surface area contributed by atoms with Crippen LogP contribution in [0.15, 0.2) is 30.9 Å². The van der Waals surface area contributed by atoms with E-state index in [1.807, 2.05) is 19.3 Å². The van der Waals surface area contributed by atoms with E-state index in [0.717, 1.165) is 11.1 Å². The van der Waals surface area contributed by atoms with Crippen LogP contribution in [0.4, 0.5) is 0 Å². The fraction of sp³-hybridized carbons (Fsp3) is 0.0833. The summed E-state index contributed by atoms with van der Waals surface area (Å²) in [5.41, 5.74) is 2.44. The smallest absolute Gasteiger partial charge is 0.143 e. The number of nitrogens with zero attached hydrogens (tertiary/aromatic N) is 5. The maximum absolute atomic E-state index is 9.98. The maximum atomic E-state index is 9.98. The average molecular weight is 239 g/mol. The van der Waals surface area contributed by atoms with E-state index >= 15 is 0 Å². The molecule has 0 saturated heterocycles. The van der Waals surface area contributed by atoms with Crippen LogP contribution in [-0.4, -0.2) is 24.5 Å².